The van der Waals surface area contributed by atoms with Crippen LogP contribution in [0.15, 0.2) is 144 Å². The average molecular weight is 576 g/mol. The molecule has 0 amide bonds. The van der Waals surface area contributed by atoms with Crippen molar-refractivity contribution < 1.29 is 4.42 Å². The second kappa shape index (κ2) is 8.40. The number of aromatic nitrogens is 2. The monoisotopic (exact) mass is 575 g/mol. The van der Waals surface area contributed by atoms with Gasteiger partial charge in [0.2, 0.25) is 0 Å². The zero-order chi connectivity index (χ0) is 29.2. The van der Waals surface area contributed by atoms with Crippen LogP contribution in [0, 0.1) is 0 Å². The lowest BCUT2D eigenvalue weighted by Crippen LogP contribution is -2.25. The van der Waals surface area contributed by atoms with Gasteiger partial charge in [0, 0.05) is 44.6 Å². The van der Waals surface area contributed by atoms with Crippen molar-refractivity contribution in [1.29, 1.82) is 0 Å². The second-order valence-corrected chi connectivity index (χ2v) is 12.3. The zero-order valence-electron chi connectivity index (χ0n) is 24.2. The standard InChI is InChI=1S/C41H25N3O/c1-2-11-24(12-3-1)38-39-28-22-21-25(23-31(28)33-18-10-20-35(42-38)44(33)39)43-32-17-8-6-15-29(32)36-26-13-4-5-14-27(26)37-30-16-7-9-19-34(30)45-41(37)40(36)43/h1-23,36,40H. The van der Waals surface area contributed by atoms with Gasteiger partial charge in [-0.2, -0.15) is 0 Å². The normalized spacial score (nSPS) is 16.8. The van der Waals surface area contributed by atoms with Crippen LogP contribution in [0.2, 0.25) is 0 Å². The van der Waals surface area contributed by atoms with E-state index in [-0.39, 0.29) is 12.0 Å². The van der Waals surface area contributed by atoms with Gasteiger partial charge in [0.1, 0.15) is 23.0 Å². The summed E-state index contributed by atoms with van der Waals surface area (Å²) in [5, 5.41) is 3.62. The van der Waals surface area contributed by atoms with Gasteiger partial charge in [-0.15, -0.1) is 0 Å². The highest BCUT2D eigenvalue weighted by Crippen LogP contribution is 2.62. The van der Waals surface area contributed by atoms with E-state index in [9.17, 15) is 0 Å². The first-order chi connectivity index (χ1) is 22.3. The van der Waals surface area contributed by atoms with E-state index < -0.39 is 0 Å². The van der Waals surface area contributed by atoms with E-state index >= 15 is 0 Å². The first kappa shape index (κ1) is 23.6. The van der Waals surface area contributed by atoms with Gasteiger partial charge in [-0.3, -0.25) is 4.40 Å². The molecular formula is C41H25N3O. The molecule has 0 radical (unpaired) electrons. The van der Waals surface area contributed by atoms with Crippen LogP contribution in [0.4, 0.5) is 11.4 Å². The molecule has 0 fully saturated rings. The van der Waals surface area contributed by atoms with Crippen molar-refractivity contribution >= 4 is 49.8 Å². The van der Waals surface area contributed by atoms with E-state index in [1.165, 1.54) is 55.1 Å². The molecule has 2 unspecified atom stereocenters. The summed E-state index contributed by atoms with van der Waals surface area (Å²) in [7, 11) is 0. The summed E-state index contributed by atoms with van der Waals surface area (Å²) >= 11 is 0. The molecule has 4 nitrogen and oxygen atoms in total. The maximum absolute atomic E-state index is 6.83. The molecule has 0 spiro atoms. The van der Waals surface area contributed by atoms with Crippen LogP contribution in [0.3, 0.4) is 0 Å². The fourth-order valence-corrected chi connectivity index (χ4v) is 8.34. The minimum atomic E-state index is -0.00425. The second-order valence-electron chi connectivity index (χ2n) is 12.3. The lowest BCUT2D eigenvalue weighted by atomic mass is 9.76. The van der Waals surface area contributed by atoms with E-state index in [1.807, 2.05) is 0 Å². The average Bonchev–Trinajstić information content (AvgIpc) is 3.85. The van der Waals surface area contributed by atoms with Crippen molar-refractivity contribution in [3.05, 3.63) is 156 Å². The Hall–Kier alpha value is -5.87. The summed E-state index contributed by atoms with van der Waals surface area (Å²) in [6.45, 7) is 0. The molecule has 1 aliphatic carbocycles. The largest absolute Gasteiger partial charge is 0.458 e. The molecule has 210 valence electrons. The molecule has 4 heteroatoms. The molecular weight excluding hydrogens is 550 g/mol. The minimum Gasteiger partial charge on any atom is -0.458 e. The quantitative estimate of drug-likeness (QED) is 0.206. The summed E-state index contributed by atoms with van der Waals surface area (Å²) in [6.07, 6.45) is 0. The molecule has 11 rings (SSSR count). The van der Waals surface area contributed by atoms with Crippen molar-refractivity contribution in [3.8, 4) is 22.4 Å². The van der Waals surface area contributed by atoms with E-state index in [0.717, 1.165) is 33.9 Å². The molecule has 5 heterocycles. The Morgan fingerprint density at radius 3 is 2.36 bits per heavy atom. The molecule has 0 saturated heterocycles. The summed E-state index contributed by atoms with van der Waals surface area (Å²) < 4.78 is 9.16. The van der Waals surface area contributed by atoms with Crippen LogP contribution in [0.5, 0.6) is 0 Å². The van der Waals surface area contributed by atoms with E-state index in [4.69, 9.17) is 9.40 Å². The first-order valence-corrected chi connectivity index (χ1v) is 15.6. The number of hydrogen-bond acceptors (Lipinski definition) is 3. The summed E-state index contributed by atoms with van der Waals surface area (Å²) in [5.74, 6) is 1.20. The summed E-state index contributed by atoms with van der Waals surface area (Å²) in [5.41, 5.74) is 14.0. The van der Waals surface area contributed by atoms with Gasteiger partial charge < -0.3 is 9.32 Å². The number of hydrogen-bond donors (Lipinski definition) is 0. The predicted octanol–water partition coefficient (Wildman–Crippen LogP) is 10.5. The zero-order valence-corrected chi connectivity index (χ0v) is 24.2. The fraction of sp³-hybridized carbons (Fsp3) is 0.0488. The fourth-order valence-electron chi connectivity index (χ4n) is 8.34. The Morgan fingerprint density at radius 1 is 0.622 bits per heavy atom. The molecule has 0 bridgehead atoms. The van der Waals surface area contributed by atoms with E-state index in [0.29, 0.717) is 0 Å². The Kier molecular flexibility index (Phi) is 4.40. The topological polar surface area (TPSA) is 33.7 Å². The van der Waals surface area contributed by atoms with Crippen molar-refractivity contribution in [2.75, 3.05) is 4.90 Å². The van der Waals surface area contributed by atoms with Crippen LogP contribution in [0.25, 0.3) is 60.8 Å². The van der Waals surface area contributed by atoms with Crippen molar-refractivity contribution in [2.24, 2.45) is 0 Å². The Bertz CT molecular complexity index is 2630. The van der Waals surface area contributed by atoms with Gasteiger partial charge in [-0.1, -0.05) is 103 Å². The van der Waals surface area contributed by atoms with E-state index in [2.05, 4.69) is 149 Å². The molecule has 0 saturated carbocycles. The molecule has 2 aliphatic rings. The number of nitrogens with zero attached hydrogens (tertiary/aromatic N) is 3. The number of para-hydroxylation sites is 2. The third-order valence-electron chi connectivity index (χ3n) is 10.1. The molecule has 1 aliphatic heterocycles. The van der Waals surface area contributed by atoms with Crippen LogP contribution in [0.1, 0.15) is 28.8 Å². The van der Waals surface area contributed by atoms with E-state index in [1.54, 1.807) is 0 Å². The maximum Gasteiger partial charge on any atom is 0.138 e. The number of anilines is 2. The third kappa shape index (κ3) is 2.94. The first-order valence-electron chi connectivity index (χ1n) is 15.6. The van der Waals surface area contributed by atoms with Crippen LogP contribution >= 0.6 is 0 Å². The molecule has 2 atom stereocenters. The SMILES string of the molecule is c1ccc(-c2nc3cccc4c5cc(N6c7ccccc7C7c8ccccc8-c8c(oc9ccccc89)C76)ccc5c2n34)cc1. The van der Waals surface area contributed by atoms with Crippen LogP contribution < -0.4 is 4.90 Å². The number of pyridine rings is 1. The van der Waals surface area contributed by atoms with Gasteiger partial charge in [0.15, 0.2) is 0 Å². The Morgan fingerprint density at radius 2 is 1.42 bits per heavy atom. The van der Waals surface area contributed by atoms with Crippen molar-refractivity contribution in [1.82, 2.24) is 9.38 Å². The highest BCUT2D eigenvalue weighted by Gasteiger charge is 2.48. The molecule has 0 N–H and O–H groups in total. The van der Waals surface area contributed by atoms with Crippen molar-refractivity contribution in [3.63, 3.8) is 0 Å². The van der Waals surface area contributed by atoms with Gasteiger partial charge in [0.05, 0.1) is 16.7 Å². The van der Waals surface area contributed by atoms with Crippen molar-refractivity contribution in [2.45, 2.75) is 12.0 Å². The number of benzene rings is 5. The lowest BCUT2D eigenvalue weighted by Gasteiger charge is -2.34. The number of rotatable bonds is 2. The van der Waals surface area contributed by atoms with Gasteiger partial charge in [0.25, 0.3) is 0 Å². The molecule has 5 aromatic carbocycles. The maximum atomic E-state index is 6.83. The summed E-state index contributed by atoms with van der Waals surface area (Å²) in [6, 6.07) is 50.2. The number of imidazole rings is 1. The number of furan rings is 1. The molecule has 9 aromatic rings. The highest BCUT2D eigenvalue weighted by molar-refractivity contribution is 6.15. The number of fused-ring (bicyclic) bond motifs is 13. The Labute approximate surface area is 258 Å². The van der Waals surface area contributed by atoms with Gasteiger partial charge in [-0.05, 0) is 53.1 Å². The summed E-state index contributed by atoms with van der Waals surface area (Å²) in [4.78, 5) is 7.61. The molecule has 4 aromatic heterocycles. The van der Waals surface area contributed by atoms with Crippen LogP contribution in [-0.2, 0) is 0 Å². The third-order valence-corrected chi connectivity index (χ3v) is 10.1. The Balaban J connectivity index is 1.19. The predicted molar refractivity (Wildman–Crippen MR) is 182 cm³/mol. The smallest absolute Gasteiger partial charge is 0.138 e. The van der Waals surface area contributed by atoms with Crippen LogP contribution in [-0.4, -0.2) is 9.38 Å². The van der Waals surface area contributed by atoms with Gasteiger partial charge in [-0.25, -0.2) is 4.98 Å². The molecule has 45 heavy (non-hydrogen) atoms. The minimum absolute atomic E-state index is 0.00425. The highest BCUT2D eigenvalue weighted by atomic mass is 16.3. The lowest BCUT2D eigenvalue weighted by molar-refractivity contribution is 0.476. The van der Waals surface area contributed by atoms with Gasteiger partial charge >= 0.3 is 0 Å².